The molecule has 50 valence electrons. The molecule has 1 unspecified atom stereocenters. The lowest BCUT2D eigenvalue weighted by Gasteiger charge is -2.15. The lowest BCUT2D eigenvalue weighted by Crippen LogP contribution is -2.17. The Morgan fingerprint density at radius 3 is 2.89 bits per heavy atom. The van der Waals surface area contributed by atoms with Gasteiger partial charge in [-0.2, -0.15) is 0 Å². The summed E-state index contributed by atoms with van der Waals surface area (Å²) in [6.45, 7) is 2.21. The van der Waals surface area contributed by atoms with Crippen molar-refractivity contribution in [2.45, 2.75) is 18.9 Å². The van der Waals surface area contributed by atoms with Crippen LogP contribution in [0.2, 0.25) is 0 Å². The molecular weight excluding hydrogens is 114 g/mol. The van der Waals surface area contributed by atoms with E-state index in [9.17, 15) is 0 Å². The number of rotatable bonds is 2. The van der Waals surface area contributed by atoms with Crippen LogP contribution in [0.5, 0.6) is 0 Å². The molecule has 1 rings (SSSR count). The zero-order chi connectivity index (χ0) is 6.74. The van der Waals surface area contributed by atoms with Crippen molar-refractivity contribution < 1.29 is 5.11 Å². The number of nitrogens with zero attached hydrogens (tertiary/aromatic N) is 1. The van der Waals surface area contributed by atoms with Crippen LogP contribution in [0.3, 0.4) is 0 Å². The second kappa shape index (κ2) is 2.31. The predicted octanol–water partition coefficient (Wildman–Crippen LogP) is 0.768. The lowest BCUT2D eigenvalue weighted by molar-refractivity contribution is 0.264. The maximum Gasteiger partial charge on any atom is 0.0784 e. The second-order valence-corrected chi connectivity index (χ2v) is 2.47. The van der Waals surface area contributed by atoms with Crippen LogP contribution in [-0.2, 0) is 0 Å². The summed E-state index contributed by atoms with van der Waals surface area (Å²) < 4.78 is 0. The molecular formula is C7H11NO. The zero-order valence-corrected chi connectivity index (χ0v) is 5.54. The molecule has 1 N–H and O–H groups in total. The third kappa shape index (κ3) is 1.39. The zero-order valence-electron chi connectivity index (χ0n) is 5.54. The summed E-state index contributed by atoms with van der Waals surface area (Å²) in [4.78, 5) is 4.16. The number of aliphatic hydroxyl groups is 1. The van der Waals surface area contributed by atoms with Crippen LogP contribution < -0.4 is 0 Å². The standard InChI is InChI=1S/C7H11NO/c1-7(4-6-9)3-2-5-8-7/h2-3,5,9H,4,6H2,1H3. The van der Waals surface area contributed by atoms with Crippen LogP contribution in [0.4, 0.5) is 0 Å². The largest absolute Gasteiger partial charge is 0.396 e. The number of hydrogen-bond acceptors (Lipinski definition) is 2. The van der Waals surface area contributed by atoms with E-state index >= 15 is 0 Å². The molecule has 0 saturated heterocycles. The maximum absolute atomic E-state index is 8.58. The topological polar surface area (TPSA) is 32.6 Å². The molecule has 0 spiro atoms. The van der Waals surface area contributed by atoms with Gasteiger partial charge in [-0.1, -0.05) is 6.08 Å². The monoisotopic (exact) mass is 125 g/mol. The average molecular weight is 125 g/mol. The molecule has 0 fully saturated rings. The van der Waals surface area contributed by atoms with Crippen molar-refractivity contribution in [2.24, 2.45) is 4.99 Å². The second-order valence-electron chi connectivity index (χ2n) is 2.47. The van der Waals surface area contributed by atoms with E-state index in [1.54, 1.807) is 6.21 Å². The number of hydrogen-bond donors (Lipinski definition) is 1. The molecule has 0 aromatic heterocycles. The summed E-state index contributed by atoms with van der Waals surface area (Å²) in [5.74, 6) is 0. The number of aliphatic imine (C=N–C) groups is 1. The summed E-state index contributed by atoms with van der Waals surface area (Å²) in [5, 5.41) is 8.58. The molecule has 1 aliphatic heterocycles. The van der Waals surface area contributed by atoms with Crippen LogP contribution in [-0.4, -0.2) is 23.5 Å². The predicted molar refractivity (Wildman–Crippen MR) is 37.7 cm³/mol. The summed E-state index contributed by atoms with van der Waals surface area (Å²) in [6.07, 6.45) is 6.41. The van der Waals surface area contributed by atoms with Crippen molar-refractivity contribution in [3.63, 3.8) is 0 Å². The molecule has 0 amide bonds. The minimum absolute atomic E-state index is 0.116. The summed E-state index contributed by atoms with van der Waals surface area (Å²) in [6, 6.07) is 0. The van der Waals surface area contributed by atoms with E-state index in [2.05, 4.69) is 4.99 Å². The fourth-order valence-corrected chi connectivity index (χ4v) is 0.881. The molecule has 0 radical (unpaired) electrons. The highest BCUT2D eigenvalue weighted by molar-refractivity contribution is 5.75. The molecule has 1 heterocycles. The number of allylic oxidation sites excluding steroid dienone is 1. The Morgan fingerprint density at radius 2 is 2.44 bits per heavy atom. The van der Waals surface area contributed by atoms with Crippen LogP contribution in [0.25, 0.3) is 0 Å². The summed E-state index contributed by atoms with van der Waals surface area (Å²) >= 11 is 0. The minimum atomic E-state index is -0.116. The first-order valence-corrected chi connectivity index (χ1v) is 3.11. The van der Waals surface area contributed by atoms with Crippen LogP contribution in [0.1, 0.15) is 13.3 Å². The normalized spacial score (nSPS) is 31.8. The smallest absolute Gasteiger partial charge is 0.0784 e. The van der Waals surface area contributed by atoms with E-state index in [0.717, 1.165) is 6.42 Å². The Kier molecular flexibility index (Phi) is 1.67. The van der Waals surface area contributed by atoms with E-state index in [1.165, 1.54) is 0 Å². The first-order chi connectivity index (χ1) is 4.27. The van der Waals surface area contributed by atoms with Crippen molar-refractivity contribution in [1.82, 2.24) is 0 Å². The SMILES string of the molecule is CC1(CCO)C=CC=N1. The highest BCUT2D eigenvalue weighted by Crippen LogP contribution is 2.19. The van der Waals surface area contributed by atoms with E-state index < -0.39 is 0 Å². The highest BCUT2D eigenvalue weighted by atomic mass is 16.3. The van der Waals surface area contributed by atoms with Gasteiger partial charge < -0.3 is 5.11 Å². The van der Waals surface area contributed by atoms with Crippen LogP contribution in [0, 0.1) is 0 Å². The van der Waals surface area contributed by atoms with Gasteiger partial charge in [-0.15, -0.1) is 0 Å². The van der Waals surface area contributed by atoms with Gasteiger partial charge in [0.05, 0.1) is 5.54 Å². The minimum Gasteiger partial charge on any atom is -0.396 e. The van der Waals surface area contributed by atoms with E-state index in [-0.39, 0.29) is 12.1 Å². The van der Waals surface area contributed by atoms with Gasteiger partial charge in [0.25, 0.3) is 0 Å². The van der Waals surface area contributed by atoms with Gasteiger partial charge >= 0.3 is 0 Å². The van der Waals surface area contributed by atoms with E-state index in [0.29, 0.717) is 0 Å². The first kappa shape index (κ1) is 6.49. The van der Waals surface area contributed by atoms with Crippen molar-refractivity contribution in [2.75, 3.05) is 6.61 Å². The third-order valence-electron chi connectivity index (χ3n) is 1.53. The quantitative estimate of drug-likeness (QED) is 0.581. The fourth-order valence-electron chi connectivity index (χ4n) is 0.881. The van der Waals surface area contributed by atoms with Crippen molar-refractivity contribution in [3.8, 4) is 0 Å². The molecule has 2 heteroatoms. The van der Waals surface area contributed by atoms with E-state index in [4.69, 9.17) is 5.11 Å². The Bertz CT molecular complexity index is 137. The molecule has 0 aliphatic carbocycles. The van der Waals surface area contributed by atoms with Crippen molar-refractivity contribution in [3.05, 3.63) is 12.2 Å². The first-order valence-electron chi connectivity index (χ1n) is 3.11. The molecule has 0 aromatic carbocycles. The Morgan fingerprint density at radius 1 is 1.67 bits per heavy atom. The summed E-state index contributed by atoms with van der Waals surface area (Å²) in [5.41, 5.74) is -0.116. The van der Waals surface area contributed by atoms with E-state index in [1.807, 2.05) is 19.1 Å². The van der Waals surface area contributed by atoms with Gasteiger partial charge in [-0.05, 0) is 19.4 Å². The Hall–Kier alpha value is -0.630. The number of aliphatic hydroxyl groups excluding tert-OH is 1. The fraction of sp³-hybridized carbons (Fsp3) is 0.571. The Balaban J connectivity index is 2.53. The van der Waals surface area contributed by atoms with Crippen LogP contribution in [0.15, 0.2) is 17.1 Å². The molecule has 1 atom stereocenters. The van der Waals surface area contributed by atoms with Gasteiger partial charge in [0, 0.05) is 12.8 Å². The molecule has 9 heavy (non-hydrogen) atoms. The van der Waals surface area contributed by atoms with Crippen molar-refractivity contribution in [1.29, 1.82) is 0 Å². The summed E-state index contributed by atoms with van der Waals surface area (Å²) in [7, 11) is 0. The van der Waals surface area contributed by atoms with Gasteiger partial charge in [-0.25, -0.2) is 0 Å². The maximum atomic E-state index is 8.58. The van der Waals surface area contributed by atoms with Gasteiger partial charge in [0.15, 0.2) is 0 Å². The molecule has 1 aliphatic rings. The van der Waals surface area contributed by atoms with Gasteiger partial charge in [0.1, 0.15) is 0 Å². The molecule has 0 bridgehead atoms. The van der Waals surface area contributed by atoms with Crippen molar-refractivity contribution >= 4 is 6.21 Å². The molecule has 0 aromatic rings. The van der Waals surface area contributed by atoms with Gasteiger partial charge in [-0.3, -0.25) is 4.99 Å². The Labute approximate surface area is 54.9 Å². The molecule has 2 nitrogen and oxygen atoms in total. The highest BCUT2D eigenvalue weighted by Gasteiger charge is 2.19. The van der Waals surface area contributed by atoms with Gasteiger partial charge in [0.2, 0.25) is 0 Å². The van der Waals surface area contributed by atoms with Crippen LogP contribution >= 0.6 is 0 Å². The third-order valence-corrected chi connectivity index (χ3v) is 1.53. The average Bonchev–Trinajstić information content (AvgIpc) is 2.16. The molecule has 0 saturated carbocycles. The lowest BCUT2D eigenvalue weighted by atomic mass is 10.0.